The zero-order valence-corrected chi connectivity index (χ0v) is 7.95. The molecule has 0 aliphatic rings. The predicted molar refractivity (Wildman–Crippen MR) is 51.1 cm³/mol. The first kappa shape index (κ1) is 9.76. The van der Waals surface area contributed by atoms with Crippen LogP contribution in [-0.2, 0) is 11.3 Å². The van der Waals surface area contributed by atoms with Crippen LogP contribution in [0, 0.1) is 11.3 Å². The van der Waals surface area contributed by atoms with E-state index in [0.29, 0.717) is 12.2 Å². The second-order valence-corrected chi connectivity index (χ2v) is 3.17. The van der Waals surface area contributed by atoms with Crippen LogP contribution in [0.25, 0.3) is 0 Å². The Hall–Kier alpha value is -1.33. The number of ether oxygens (including phenoxy) is 1. The molecule has 0 aliphatic carbocycles. The monoisotopic (exact) mass is 175 g/mol. The fourth-order valence-corrected chi connectivity index (χ4v) is 0.938. The highest BCUT2D eigenvalue weighted by Crippen LogP contribution is 2.05. The first-order valence-corrected chi connectivity index (χ1v) is 4.33. The molecule has 0 amide bonds. The number of rotatable bonds is 3. The molecule has 0 spiro atoms. The van der Waals surface area contributed by atoms with Crippen molar-refractivity contribution in [2.75, 3.05) is 0 Å². The van der Waals surface area contributed by atoms with Crippen molar-refractivity contribution in [3.63, 3.8) is 0 Å². The van der Waals surface area contributed by atoms with Crippen molar-refractivity contribution in [2.24, 2.45) is 0 Å². The summed E-state index contributed by atoms with van der Waals surface area (Å²) < 4.78 is 5.42. The van der Waals surface area contributed by atoms with Gasteiger partial charge in [-0.1, -0.05) is 12.1 Å². The largest absolute Gasteiger partial charge is 0.374 e. The molecule has 0 atom stereocenters. The SMILES string of the molecule is CC(C)OCc1ccc(C#N)cc1. The summed E-state index contributed by atoms with van der Waals surface area (Å²) in [6.45, 7) is 4.62. The summed E-state index contributed by atoms with van der Waals surface area (Å²) in [5.74, 6) is 0. The predicted octanol–water partition coefficient (Wildman–Crippen LogP) is 2.48. The van der Waals surface area contributed by atoms with E-state index in [2.05, 4.69) is 6.07 Å². The summed E-state index contributed by atoms with van der Waals surface area (Å²) in [5.41, 5.74) is 1.79. The van der Waals surface area contributed by atoms with Gasteiger partial charge in [-0.2, -0.15) is 5.26 Å². The van der Waals surface area contributed by atoms with Crippen molar-refractivity contribution in [1.82, 2.24) is 0 Å². The molecule has 68 valence electrons. The normalized spacial score (nSPS) is 10.0. The zero-order chi connectivity index (χ0) is 9.68. The maximum Gasteiger partial charge on any atom is 0.0991 e. The van der Waals surface area contributed by atoms with Crippen molar-refractivity contribution in [3.05, 3.63) is 35.4 Å². The van der Waals surface area contributed by atoms with E-state index in [-0.39, 0.29) is 6.10 Å². The number of nitrogens with zero attached hydrogens (tertiary/aromatic N) is 1. The molecule has 0 N–H and O–H groups in total. The van der Waals surface area contributed by atoms with Gasteiger partial charge in [-0.05, 0) is 31.5 Å². The van der Waals surface area contributed by atoms with Crippen LogP contribution in [-0.4, -0.2) is 6.10 Å². The Balaban J connectivity index is 2.55. The van der Waals surface area contributed by atoms with E-state index in [0.717, 1.165) is 5.56 Å². The molecule has 0 saturated carbocycles. The standard InChI is InChI=1S/C11H13NO/c1-9(2)13-8-11-5-3-10(7-12)4-6-11/h3-6,9H,8H2,1-2H3. The lowest BCUT2D eigenvalue weighted by atomic mass is 10.2. The first-order valence-electron chi connectivity index (χ1n) is 4.33. The lowest BCUT2D eigenvalue weighted by Gasteiger charge is -2.06. The fourth-order valence-electron chi connectivity index (χ4n) is 0.938. The van der Waals surface area contributed by atoms with Crippen LogP contribution in [0.5, 0.6) is 0 Å². The summed E-state index contributed by atoms with van der Waals surface area (Å²) in [6, 6.07) is 9.52. The summed E-state index contributed by atoms with van der Waals surface area (Å²) in [4.78, 5) is 0. The minimum atomic E-state index is 0.246. The molecule has 1 rings (SSSR count). The molecule has 13 heavy (non-hydrogen) atoms. The van der Waals surface area contributed by atoms with Gasteiger partial charge in [0.1, 0.15) is 0 Å². The van der Waals surface area contributed by atoms with Gasteiger partial charge in [-0.25, -0.2) is 0 Å². The average molecular weight is 175 g/mol. The first-order chi connectivity index (χ1) is 6.22. The third kappa shape index (κ3) is 3.27. The van der Waals surface area contributed by atoms with Gasteiger partial charge in [-0.15, -0.1) is 0 Å². The molecule has 0 radical (unpaired) electrons. The van der Waals surface area contributed by atoms with Crippen LogP contribution in [0.4, 0.5) is 0 Å². The molecule has 0 unspecified atom stereocenters. The zero-order valence-electron chi connectivity index (χ0n) is 7.95. The van der Waals surface area contributed by atoms with E-state index in [1.54, 1.807) is 12.1 Å². The Morgan fingerprint density at radius 2 is 1.92 bits per heavy atom. The van der Waals surface area contributed by atoms with E-state index >= 15 is 0 Å². The van der Waals surface area contributed by atoms with Crippen LogP contribution in [0.15, 0.2) is 24.3 Å². The molecular formula is C11H13NO. The second-order valence-electron chi connectivity index (χ2n) is 3.17. The topological polar surface area (TPSA) is 33.0 Å². The van der Waals surface area contributed by atoms with Crippen molar-refractivity contribution < 1.29 is 4.74 Å². The van der Waals surface area contributed by atoms with E-state index in [4.69, 9.17) is 10.00 Å². The van der Waals surface area contributed by atoms with Gasteiger partial charge in [-0.3, -0.25) is 0 Å². The quantitative estimate of drug-likeness (QED) is 0.707. The number of nitriles is 1. The molecular weight excluding hydrogens is 162 g/mol. The summed E-state index contributed by atoms with van der Waals surface area (Å²) in [6.07, 6.45) is 0.246. The van der Waals surface area contributed by atoms with Crippen molar-refractivity contribution in [3.8, 4) is 6.07 Å². The van der Waals surface area contributed by atoms with Crippen molar-refractivity contribution in [1.29, 1.82) is 5.26 Å². The lowest BCUT2D eigenvalue weighted by Crippen LogP contribution is -2.01. The van der Waals surface area contributed by atoms with E-state index in [1.807, 2.05) is 26.0 Å². The smallest absolute Gasteiger partial charge is 0.0991 e. The summed E-state index contributed by atoms with van der Waals surface area (Å²) >= 11 is 0. The Labute approximate surface area is 78.8 Å². The average Bonchev–Trinajstić information content (AvgIpc) is 2.15. The van der Waals surface area contributed by atoms with Gasteiger partial charge in [0.15, 0.2) is 0 Å². The third-order valence-corrected chi connectivity index (χ3v) is 1.67. The number of benzene rings is 1. The number of hydrogen-bond donors (Lipinski definition) is 0. The highest BCUT2D eigenvalue weighted by molar-refractivity contribution is 5.31. The maximum absolute atomic E-state index is 8.57. The van der Waals surface area contributed by atoms with Crippen LogP contribution in [0.3, 0.4) is 0 Å². The molecule has 0 bridgehead atoms. The molecule has 0 heterocycles. The number of hydrogen-bond acceptors (Lipinski definition) is 2. The Morgan fingerprint density at radius 1 is 1.31 bits per heavy atom. The minimum Gasteiger partial charge on any atom is -0.374 e. The lowest BCUT2D eigenvalue weighted by molar-refractivity contribution is 0.0657. The fraction of sp³-hybridized carbons (Fsp3) is 0.364. The van der Waals surface area contributed by atoms with Crippen LogP contribution < -0.4 is 0 Å². The van der Waals surface area contributed by atoms with E-state index < -0.39 is 0 Å². The van der Waals surface area contributed by atoms with Crippen LogP contribution >= 0.6 is 0 Å². The Morgan fingerprint density at radius 3 is 2.38 bits per heavy atom. The molecule has 1 aromatic carbocycles. The molecule has 0 aromatic heterocycles. The molecule has 0 fully saturated rings. The minimum absolute atomic E-state index is 0.246. The van der Waals surface area contributed by atoms with Crippen molar-refractivity contribution in [2.45, 2.75) is 26.6 Å². The van der Waals surface area contributed by atoms with E-state index in [9.17, 15) is 0 Å². The Kier molecular flexibility index (Phi) is 3.48. The van der Waals surface area contributed by atoms with Gasteiger partial charge in [0, 0.05) is 0 Å². The van der Waals surface area contributed by atoms with Crippen LogP contribution in [0.2, 0.25) is 0 Å². The molecule has 2 nitrogen and oxygen atoms in total. The maximum atomic E-state index is 8.57. The third-order valence-electron chi connectivity index (χ3n) is 1.67. The highest BCUT2D eigenvalue weighted by atomic mass is 16.5. The molecule has 0 saturated heterocycles. The summed E-state index contributed by atoms with van der Waals surface area (Å²) in [5, 5.41) is 8.57. The van der Waals surface area contributed by atoms with Gasteiger partial charge >= 0.3 is 0 Å². The molecule has 0 aliphatic heterocycles. The second kappa shape index (κ2) is 4.64. The molecule has 2 heteroatoms. The summed E-state index contributed by atoms with van der Waals surface area (Å²) in [7, 11) is 0. The highest BCUT2D eigenvalue weighted by Gasteiger charge is 1.96. The van der Waals surface area contributed by atoms with Gasteiger partial charge in [0.05, 0.1) is 24.3 Å². The molecule has 1 aromatic rings. The van der Waals surface area contributed by atoms with Gasteiger partial charge in [0.2, 0.25) is 0 Å². The van der Waals surface area contributed by atoms with E-state index in [1.165, 1.54) is 0 Å². The van der Waals surface area contributed by atoms with Crippen molar-refractivity contribution >= 4 is 0 Å². The van der Waals surface area contributed by atoms with Gasteiger partial charge < -0.3 is 4.74 Å². The van der Waals surface area contributed by atoms with Crippen LogP contribution in [0.1, 0.15) is 25.0 Å². The Bertz CT molecular complexity index is 295. The van der Waals surface area contributed by atoms with Gasteiger partial charge in [0.25, 0.3) is 0 Å².